The normalized spacial score (nSPS) is 15.7. The highest BCUT2D eigenvalue weighted by atomic mass is 28.4. The third kappa shape index (κ3) is 3.56. The molecule has 0 aliphatic rings. The molecule has 0 heterocycles. The van der Waals surface area contributed by atoms with Crippen LogP contribution in [0.4, 0.5) is 0 Å². The lowest BCUT2D eigenvalue weighted by Gasteiger charge is -2.41. The molecule has 0 bridgehead atoms. The summed E-state index contributed by atoms with van der Waals surface area (Å²) in [6, 6.07) is 0. The molecular weight excluding hydrogens is 216 g/mol. The van der Waals surface area contributed by atoms with E-state index in [1.807, 2.05) is 13.8 Å². The predicted molar refractivity (Wildman–Crippen MR) is 72.1 cm³/mol. The second kappa shape index (κ2) is 4.84. The van der Waals surface area contributed by atoms with Gasteiger partial charge in [-0.25, -0.2) is 0 Å². The molecule has 0 aromatic carbocycles. The molecule has 0 rings (SSSR count). The highest BCUT2D eigenvalue weighted by Crippen LogP contribution is 2.39. The van der Waals surface area contributed by atoms with E-state index in [1.165, 1.54) is 0 Å². The Morgan fingerprint density at radius 3 is 1.88 bits per heavy atom. The summed E-state index contributed by atoms with van der Waals surface area (Å²) in [4.78, 5) is 11.1. The number of hydrogen-bond acceptors (Lipinski definition) is 2. The molecule has 0 saturated heterocycles. The zero-order valence-corrected chi connectivity index (χ0v) is 12.8. The highest BCUT2D eigenvalue weighted by Gasteiger charge is 2.41. The number of hydrogen-bond donors (Lipinski definition) is 0. The minimum Gasteiger partial charge on any atom is -0.410 e. The van der Waals surface area contributed by atoms with Gasteiger partial charge >= 0.3 is 0 Å². The molecule has 3 heteroatoms. The van der Waals surface area contributed by atoms with Crippen LogP contribution < -0.4 is 0 Å². The van der Waals surface area contributed by atoms with Gasteiger partial charge in [0.2, 0.25) is 0 Å². The molecule has 0 amide bonds. The van der Waals surface area contributed by atoms with Gasteiger partial charge in [0.15, 0.2) is 8.32 Å². The fourth-order valence-electron chi connectivity index (χ4n) is 1.06. The van der Waals surface area contributed by atoms with E-state index in [9.17, 15) is 4.79 Å². The second-order valence-electron chi connectivity index (χ2n) is 6.47. The first-order chi connectivity index (χ1) is 6.98. The maximum atomic E-state index is 11.1. The quantitative estimate of drug-likeness (QED) is 0.416. The summed E-state index contributed by atoms with van der Waals surface area (Å²) in [5.41, 5.74) is -0.503. The zero-order valence-electron chi connectivity index (χ0n) is 11.8. The van der Waals surface area contributed by atoms with Crippen LogP contribution in [0.15, 0.2) is 12.7 Å². The van der Waals surface area contributed by atoms with Crippen molar-refractivity contribution in [2.45, 2.75) is 58.9 Å². The van der Waals surface area contributed by atoms with E-state index in [0.29, 0.717) is 0 Å². The van der Waals surface area contributed by atoms with E-state index < -0.39 is 13.7 Å². The van der Waals surface area contributed by atoms with Crippen LogP contribution in [0.25, 0.3) is 0 Å². The Bertz CT molecular complexity index is 262. The molecular formula is C13H26O2Si. The standard InChI is InChI=1S/C13H26O2Si/c1-9-11(13(5,6)10-14)15-16(7,8)12(2,3)4/h9-11H,1H2,2-8H3/t11-/m0/s1. The molecule has 94 valence electrons. The molecule has 1 atom stereocenters. The maximum absolute atomic E-state index is 11.1. The summed E-state index contributed by atoms with van der Waals surface area (Å²) < 4.78 is 6.20. The van der Waals surface area contributed by atoms with E-state index >= 15 is 0 Å². The molecule has 0 saturated carbocycles. The highest BCUT2D eigenvalue weighted by molar-refractivity contribution is 6.74. The van der Waals surface area contributed by atoms with E-state index in [2.05, 4.69) is 40.4 Å². The first-order valence-corrected chi connectivity index (χ1v) is 8.65. The van der Waals surface area contributed by atoms with Gasteiger partial charge in [0.1, 0.15) is 6.29 Å². The molecule has 0 aliphatic heterocycles. The first-order valence-electron chi connectivity index (χ1n) is 5.74. The zero-order chi connectivity index (χ0) is 13.2. The lowest BCUT2D eigenvalue weighted by atomic mass is 9.89. The van der Waals surface area contributed by atoms with Crippen LogP contribution in [0.1, 0.15) is 34.6 Å². The molecule has 0 aliphatic carbocycles. The Balaban J connectivity index is 4.95. The Morgan fingerprint density at radius 2 is 1.62 bits per heavy atom. The largest absolute Gasteiger partial charge is 0.410 e. The average Bonchev–Trinajstić information content (AvgIpc) is 2.12. The Kier molecular flexibility index (Phi) is 4.72. The van der Waals surface area contributed by atoms with Crippen LogP contribution in [0.3, 0.4) is 0 Å². The lowest BCUT2D eigenvalue weighted by molar-refractivity contribution is -0.118. The maximum Gasteiger partial charge on any atom is 0.192 e. The number of carbonyl (C=O) groups excluding carboxylic acids is 1. The first kappa shape index (κ1) is 15.6. The number of carbonyl (C=O) groups is 1. The van der Waals surface area contributed by atoms with Crippen LogP contribution in [-0.2, 0) is 9.22 Å². The topological polar surface area (TPSA) is 26.3 Å². The van der Waals surface area contributed by atoms with Crippen molar-refractivity contribution in [2.75, 3.05) is 0 Å². The third-order valence-electron chi connectivity index (χ3n) is 3.48. The van der Waals surface area contributed by atoms with E-state index in [1.54, 1.807) is 6.08 Å². The average molecular weight is 242 g/mol. The summed E-state index contributed by atoms with van der Waals surface area (Å²) in [5, 5.41) is 0.146. The summed E-state index contributed by atoms with van der Waals surface area (Å²) in [6.45, 7) is 18.5. The van der Waals surface area contributed by atoms with Gasteiger partial charge in [0.05, 0.1) is 6.10 Å². The van der Waals surface area contributed by atoms with Gasteiger partial charge in [0, 0.05) is 5.41 Å². The number of rotatable bonds is 5. The monoisotopic (exact) mass is 242 g/mol. The van der Waals surface area contributed by atoms with Gasteiger partial charge in [-0.3, -0.25) is 0 Å². The lowest BCUT2D eigenvalue weighted by Crippen LogP contribution is -2.47. The minimum absolute atomic E-state index is 0.146. The van der Waals surface area contributed by atoms with E-state index in [4.69, 9.17) is 4.43 Å². The molecule has 0 radical (unpaired) electrons. The Labute approximate surface area is 101 Å². The summed E-state index contributed by atoms with van der Waals surface area (Å²) in [5.74, 6) is 0. The van der Waals surface area contributed by atoms with Gasteiger partial charge in [-0.15, -0.1) is 6.58 Å². The molecule has 16 heavy (non-hydrogen) atoms. The van der Waals surface area contributed by atoms with Crippen LogP contribution in [0.2, 0.25) is 18.1 Å². The number of aldehydes is 1. The summed E-state index contributed by atoms with van der Waals surface area (Å²) in [7, 11) is -1.85. The fourth-order valence-corrected chi connectivity index (χ4v) is 2.45. The molecule has 0 aromatic heterocycles. The van der Waals surface area contributed by atoms with Crippen LogP contribution in [-0.4, -0.2) is 20.7 Å². The van der Waals surface area contributed by atoms with Crippen molar-refractivity contribution >= 4 is 14.6 Å². The van der Waals surface area contributed by atoms with E-state index in [0.717, 1.165) is 6.29 Å². The third-order valence-corrected chi connectivity index (χ3v) is 7.93. The minimum atomic E-state index is -1.85. The molecule has 0 N–H and O–H groups in total. The summed E-state index contributed by atoms with van der Waals surface area (Å²) >= 11 is 0. The van der Waals surface area contributed by atoms with Crippen molar-refractivity contribution in [1.29, 1.82) is 0 Å². The van der Waals surface area contributed by atoms with Gasteiger partial charge in [-0.2, -0.15) is 0 Å². The SMILES string of the molecule is C=C[C@H](O[Si](C)(C)C(C)(C)C)C(C)(C)C=O. The molecule has 0 spiro atoms. The second-order valence-corrected chi connectivity index (χ2v) is 11.2. The molecule has 0 aromatic rings. The molecule has 2 nitrogen and oxygen atoms in total. The van der Waals surface area contributed by atoms with Crippen LogP contribution >= 0.6 is 0 Å². The van der Waals surface area contributed by atoms with Gasteiger partial charge < -0.3 is 9.22 Å². The Morgan fingerprint density at radius 1 is 1.19 bits per heavy atom. The van der Waals surface area contributed by atoms with Crippen molar-refractivity contribution in [3.8, 4) is 0 Å². The van der Waals surface area contributed by atoms with Gasteiger partial charge in [0.25, 0.3) is 0 Å². The Hall–Kier alpha value is -0.413. The van der Waals surface area contributed by atoms with Crippen LogP contribution in [0.5, 0.6) is 0 Å². The van der Waals surface area contributed by atoms with E-state index in [-0.39, 0.29) is 11.1 Å². The molecule has 0 unspecified atom stereocenters. The van der Waals surface area contributed by atoms with Crippen molar-refractivity contribution in [3.63, 3.8) is 0 Å². The van der Waals surface area contributed by atoms with Crippen LogP contribution in [0, 0.1) is 5.41 Å². The fraction of sp³-hybridized carbons (Fsp3) is 0.769. The van der Waals surface area contributed by atoms with Gasteiger partial charge in [-0.05, 0) is 18.1 Å². The van der Waals surface area contributed by atoms with Gasteiger partial charge in [-0.1, -0.05) is 40.7 Å². The van der Waals surface area contributed by atoms with Crippen molar-refractivity contribution < 1.29 is 9.22 Å². The summed E-state index contributed by atoms with van der Waals surface area (Å²) in [6.07, 6.45) is 2.49. The smallest absolute Gasteiger partial charge is 0.192 e. The van der Waals surface area contributed by atoms with Crippen molar-refractivity contribution in [1.82, 2.24) is 0 Å². The predicted octanol–water partition coefficient (Wildman–Crippen LogP) is 3.79. The molecule has 0 fully saturated rings. The van der Waals surface area contributed by atoms with Crippen molar-refractivity contribution in [3.05, 3.63) is 12.7 Å². The van der Waals surface area contributed by atoms with Crippen molar-refractivity contribution in [2.24, 2.45) is 5.41 Å².